The van der Waals surface area contributed by atoms with Gasteiger partial charge >= 0.3 is 0 Å². The predicted octanol–water partition coefficient (Wildman–Crippen LogP) is 2.76. The van der Waals surface area contributed by atoms with Gasteiger partial charge in [0.25, 0.3) is 5.91 Å². The largest absolute Gasteiger partial charge is 0.478 e. The molecule has 0 bridgehead atoms. The lowest BCUT2D eigenvalue weighted by atomic mass is 9.91. The van der Waals surface area contributed by atoms with Gasteiger partial charge < -0.3 is 4.74 Å². The van der Waals surface area contributed by atoms with E-state index in [4.69, 9.17) is 4.74 Å². The van der Waals surface area contributed by atoms with Crippen molar-refractivity contribution in [3.05, 3.63) is 60.7 Å². The van der Waals surface area contributed by atoms with Crippen LogP contribution in [-0.4, -0.2) is 17.6 Å². The molecule has 1 amide bonds. The van der Waals surface area contributed by atoms with E-state index in [0.29, 0.717) is 12.2 Å². The number of β-lactam (4-membered cyclic amide) rings is 1. The number of benzene rings is 2. The van der Waals surface area contributed by atoms with Crippen LogP contribution in [0.15, 0.2) is 60.7 Å². The zero-order chi connectivity index (χ0) is 15.2. The van der Waals surface area contributed by atoms with Crippen LogP contribution in [0.2, 0.25) is 0 Å². The van der Waals surface area contributed by atoms with Gasteiger partial charge in [-0.2, -0.15) is 5.26 Å². The van der Waals surface area contributed by atoms with Gasteiger partial charge in [-0.1, -0.05) is 36.4 Å². The standard InChI is InChI=1S/C18H14N2O2/c19-12-13-11-18(13)16(22-15-9-5-2-6-10-15)17(21)20(18)14-7-3-1-4-8-14/h1-10,13,16H,11H2/t13-,16-,18+/m1/s1. The van der Waals surface area contributed by atoms with Crippen LogP contribution >= 0.6 is 0 Å². The molecule has 22 heavy (non-hydrogen) atoms. The summed E-state index contributed by atoms with van der Waals surface area (Å²) in [4.78, 5) is 14.3. The van der Waals surface area contributed by atoms with Crippen LogP contribution in [0.4, 0.5) is 5.69 Å². The molecule has 0 aromatic heterocycles. The molecule has 2 aromatic carbocycles. The molecule has 1 aliphatic carbocycles. The molecule has 4 rings (SSSR count). The van der Waals surface area contributed by atoms with Gasteiger partial charge in [0, 0.05) is 5.69 Å². The summed E-state index contributed by atoms with van der Waals surface area (Å²) in [6.45, 7) is 0. The van der Waals surface area contributed by atoms with E-state index in [0.717, 1.165) is 5.69 Å². The topological polar surface area (TPSA) is 53.3 Å². The first-order valence-electron chi connectivity index (χ1n) is 7.28. The maximum absolute atomic E-state index is 12.6. The molecule has 0 unspecified atom stereocenters. The Morgan fingerprint density at radius 1 is 1.09 bits per heavy atom. The molecular weight excluding hydrogens is 276 g/mol. The van der Waals surface area contributed by atoms with Gasteiger partial charge in [0.05, 0.1) is 12.0 Å². The third-order valence-electron chi connectivity index (χ3n) is 4.46. The van der Waals surface area contributed by atoms with Crippen LogP contribution in [0.25, 0.3) is 0 Å². The van der Waals surface area contributed by atoms with E-state index in [1.54, 1.807) is 4.90 Å². The number of hydrogen-bond donors (Lipinski definition) is 0. The van der Waals surface area contributed by atoms with Crippen LogP contribution < -0.4 is 9.64 Å². The van der Waals surface area contributed by atoms with Gasteiger partial charge in [0.15, 0.2) is 0 Å². The molecule has 2 fully saturated rings. The zero-order valence-corrected chi connectivity index (χ0v) is 11.8. The molecule has 3 atom stereocenters. The quantitative estimate of drug-likeness (QED) is 0.817. The second-order valence-corrected chi connectivity index (χ2v) is 5.70. The molecule has 4 nitrogen and oxygen atoms in total. The van der Waals surface area contributed by atoms with Crippen molar-refractivity contribution in [2.75, 3.05) is 4.90 Å². The van der Waals surface area contributed by atoms with Gasteiger partial charge in [-0.25, -0.2) is 0 Å². The number of ether oxygens (including phenoxy) is 1. The summed E-state index contributed by atoms with van der Waals surface area (Å²) in [5.41, 5.74) is 0.335. The summed E-state index contributed by atoms with van der Waals surface area (Å²) in [6, 6.07) is 21.1. The van der Waals surface area contributed by atoms with Gasteiger partial charge in [0.2, 0.25) is 6.10 Å². The number of hydrogen-bond acceptors (Lipinski definition) is 3. The van der Waals surface area contributed by atoms with Crippen LogP contribution in [0.3, 0.4) is 0 Å². The van der Waals surface area contributed by atoms with Crippen LogP contribution in [0.5, 0.6) is 5.75 Å². The van der Waals surface area contributed by atoms with E-state index in [2.05, 4.69) is 6.07 Å². The fourth-order valence-electron chi connectivity index (χ4n) is 3.28. The fourth-order valence-corrected chi connectivity index (χ4v) is 3.28. The van der Waals surface area contributed by atoms with Crippen LogP contribution in [0.1, 0.15) is 6.42 Å². The molecular formula is C18H14N2O2. The van der Waals surface area contributed by atoms with E-state index in [1.807, 2.05) is 60.7 Å². The highest BCUT2D eigenvalue weighted by molar-refractivity contribution is 6.08. The highest BCUT2D eigenvalue weighted by Crippen LogP contribution is 2.59. The summed E-state index contributed by atoms with van der Waals surface area (Å²) in [6.07, 6.45) is 0.0986. The van der Waals surface area contributed by atoms with Crippen molar-refractivity contribution in [2.45, 2.75) is 18.1 Å². The molecule has 2 aliphatic rings. The van der Waals surface area contributed by atoms with Crippen molar-refractivity contribution >= 4 is 11.6 Å². The minimum absolute atomic E-state index is 0.0761. The molecule has 1 saturated carbocycles. The fraction of sp³-hybridized carbons (Fsp3) is 0.222. The Kier molecular flexibility index (Phi) is 2.70. The number of carbonyl (C=O) groups excluding carboxylic acids is 1. The van der Waals surface area contributed by atoms with E-state index in [1.165, 1.54) is 0 Å². The van der Waals surface area contributed by atoms with Crippen molar-refractivity contribution in [3.63, 3.8) is 0 Å². The lowest BCUT2D eigenvalue weighted by Crippen LogP contribution is -2.70. The first-order valence-corrected chi connectivity index (χ1v) is 7.28. The summed E-state index contributed by atoms with van der Waals surface area (Å²) in [5.74, 6) is 0.420. The lowest BCUT2D eigenvalue weighted by molar-refractivity contribution is -0.136. The number of anilines is 1. The smallest absolute Gasteiger partial charge is 0.271 e. The van der Waals surface area contributed by atoms with Crippen LogP contribution in [0, 0.1) is 17.2 Å². The summed E-state index contributed by atoms with van der Waals surface area (Å²) < 4.78 is 5.88. The second-order valence-electron chi connectivity index (χ2n) is 5.70. The summed E-state index contributed by atoms with van der Waals surface area (Å²) >= 11 is 0. The molecule has 0 N–H and O–H groups in total. The monoisotopic (exact) mass is 290 g/mol. The maximum Gasteiger partial charge on any atom is 0.271 e. The number of rotatable bonds is 3. The molecule has 1 spiro atoms. The van der Waals surface area contributed by atoms with Crippen molar-refractivity contribution in [1.29, 1.82) is 5.26 Å². The Labute approximate surface area is 128 Å². The Hall–Kier alpha value is -2.80. The van der Waals surface area contributed by atoms with Crippen molar-refractivity contribution in [1.82, 2.24) is 0 Å². The van der Waals surface area contributed by atoms with Crippen molar-refractivity contribution in [3.8, 4) is 11.8 Å². The highest BCUT2D eigenvalue weighted by atomic mass is 16.5. The molecule has 1 heterocycles. The van der Waals surface area contributed by atoms with Gasteiger partial charge in [-0.15, -0.1) is 0 Å². The average molecular weight is 290 g/mol. The Balaban J connectivity index is 1.65. The minimum Gasteiger partial charge on any atom is -0.478 e. The van der Waals surface area contributed by atoms with E-state index in [-0.39, 0.29) is 11.8 Å². The summed E-state index contributed by atoms with van der Waals surface area (Å²) in [5, 5.41) is 9.30. The first-order chi connectivity index (χ1) is 10.8. The van der Waals surface area contributed by atoms with Gasteiger partial charge in [-0.3, -0.25) is 9.69 Å². The maximum atomic E-state index is 12.6. The molecule has 0 radical (unpaired) electrons. The predicted molar refractivity (Wildman–Crippen MR) is 81.2 cm³/mol. The zero-order valence-electron chi connectivity index (χ0n) is 11.8. The average Bonchev–Trinajstić information content (AvgIpc) is 3.32. The minimum atomic E-state index is -0.570. The van der Waals surface area contributed by atoms with Crippen molar-refractivity contribution < 1.29 is 9.53 Å². The number of nitriles is 1. The molecule has 1 aliphatic heterocycles. The number of carbonyl (C=O) groups is 1. The molecule has 4 heteroatoms. The Morgan fingerprint density at radius 2 is 1.73 bits per heavy atom. The molecule has 2 aromatic rings. The number of para-hydroxylation sites is 2. The third kappa shape index (κ3) is 1.66. The van der Waals surface area contributed by atoms with Gasteiger partial charge in [0.1, 0.15) is 11.3 Å². The first kappa shape index (κ1) is 12.9. The van der Waals surface area contributed by atoms with Crippen molar-refractivity contribution in [2.24, 2.45) is 5.92 Å². The number of amides is 1. The van der Waals surface area contributed by atoms with E-state index < -0.39 is 11.6 Å². The van der Waals surface area contributed by atoms with Crippen LogP contribution in [-0.2, 0) is 4.79 Å². The van der Waals surface area contributed by atoms with E-state index >= 15 is 0 Å². The lowest BCUT2D eigenvalue weighted by Gasteiger charge is -2.47. The number of nitrogens with zero attached hydrogens (tertiary/aromatic N) is 2. The molecule has 108 valence electrons. The Morgan fingerprint density at radius 3 is 2.32 bits per heavy atom. The second kappa shape index (κ2) is 4.60. The van der Waals surface area contributed by atoms with Gasteiger partial charge in [-0.05, 0) is 30.7 Å². The normalized spacial score (nSPS) is 28.9. The van der Waals surface area contributed by atoms with E-state index in [9.17, 15) is 10.1 Å². The highest BCUT2D eigenvalue weighted by Gasteiger charge is 2.76. The third-order valence-corrected chi connectivity index (χ3v) is 4.46. The SMILES string of the molecule is N#C[C@H]1C[C@@]12[C@H](Oc1ccccc1)C(=O)N2c1ccccc1. The Bertz CT molecular complexity index is 754. The summed E-state index contributed by atoms with van der Waals surface area (Å²) in [7, 11) is 0. The molecule has 1 saturated heterocycles.